The molecule has 31 heavy (non-hydrogen) atoms. The van der Waals surface area contributed by atoms with Gasteiger partial charge >= 0.3 is 12.4 Å². The van der Waals surface area contributed by atoms with E-state index in [0.29, 0.717) is 35.0 Å². The van der Waals surface area contributed by atoms with Gasteiger partial charge in [-0.05, 0) is 49.2 Å². The number of amides is 1. The van der Waals surface area contributed by atoms with Gasteiger partial charge in [-0.25, -0.2) is 0 Å². The van der Waals surface area contributed by atoms with Crippen molar-refractivity contribution in [1.29, 1.82) is 0 Å². The average molecular weight is 442 g/mol. The number of halogens is 6. The second kappa shape index (κ2) is 7.75. The normalized spacial score (nSPS) is 12.3. The van der Waals surface area contributed by atoms with Crippen molar-refractivity contribution in [2.24, 2.45) is 0 Å². The molecular weight excluding hydrogens is 426 g/mol. The van der Waals surface area contributed by atoms with Crippen LogP contribution in [0.25, 0.3) is 10.9 Å². The summed E-state index contributed by atoms with van der Waals surface area (Å²) in [7, 11) is 0. The number of H-pyrrole nitrogens is 1. The van der Waals surface area contributed by atoms with Crippen molar-refractivity contribution < 1.29 is 31.1 Å². The Morgan fingerprint density at radius 1 is 0.968 bits per heavy atom. The molecule has 2 N–H and O–H groups in total. The largest absolute Gasteiger partial charge is 0.416 e. The zero-order valence-corrected chi connectivity index (χ0v) is 16.3. The number of hydrogen-bond acceptors (Lipinski definition) is 2. The van der Waals surface area contributed by atoms with E-state index in [1.54, 1.807) is 13.0 Å². The minimum Gasteiger partial charge on any atom is -0.322 e. The zero-order valence-electron chi connectivity index (χ0n) is 16.3. The molecule has 3 aromatic rings. The second-order valence-electron chi connectivity index (χ2n) is 6.92. The second-order valence-corrected chi connectivity index (χ2v) is 6.92. The third kappa shape index (κ3) is 4.57. The molecule has 0 atom stereocenters. The molecule has 1 amide bonds. The quantitative estimate of drug-likeness (QED) is 0.512. The topological polar surface area (TPSA) is 62.0 Å². The Labute approximate surface area is 171 Å². The predicted octanol–water partition coefficient (Wildman–Crippen LogP) is 5.69. The first-order valence-corrected chi connectivity index (χ1v) is 9.07. The van der Waals surface area contributed by atoms with Crippen molar-refractivity contribution in [2.75, 3.05) is 5.32 Å². The van der Waals surface area contributed by atoms with Gasteiger partial charge in [0.25, 0.3) is 11.5 Å². The van der Waals surface area contributed by atoms with Crippen LogP contribution in [-0.2, 0) is 18.8 Å². The van der Waals surface area contributed by atoms with Crippen LogP contribution in [0.1, 0.15) is 39.5 Å². The van der Waals surface area contributed by atoms with E-state index in [2.05, 4.69) is 10.3 Å². The van der Waals surface area contributed by atoms with Crippen LogP contribution >= 0.6 is 0 Å². The molecule has 164 valence electrons. The van der Waals surface area contributed by atoms with Gasteiger partial charge < -0.3 is 10.3 Å². The molecule has 0 saturated carbocycles. The molecule has 0 unspecified atom stereocenters. The van der Waals surface area contributed by atoms with Crippen LogP contribution in [0.5, 0.6) is 0 Å². The number of alkyl halides is 6. The van der Waals surface area contributed by atoms with Gasteiger partial charge in [-0.1, -0.05) is 13.0 Å². The van der Waals surface area contributed by atoms with E-state index in [4.69, 9.17) is 0 Å². The Bertz CT molecular complexity index is 1190. The Morgan fingerprint density at radius 2 is 1.55 bits per heavy atom. The maximum atomic E-state index is 13.0. The van der Waals surface area contributed by atoms with E-state index in [1.807, 2.05) is 6.92 Å². The summed E-state index contributed by atoms with van der Waals surface area (Å²) in [5.74, 6) is -1.15. The number of aromatic amines is 1. The number of pyridine rings is 1. The lowest BCUT2D eigenvalue weighted by Gasteiger charge is -2.14. The molecule has 0 radical (unpaired) electrons. The van der Waals surface area contributed by atoms with Gasteiger partial charge in [0.15, 0.2) is 0 Å². The Kier molecular flexibility index (Phi) is 5.60. The Morgan fingerprint density at radius 3 is 2.06 bits per heavy atom. The summed E-state index contributed by atoms with van der Waals surface area (Å²) < 4.78 is 78.0. The fraction of sp³-hybridized carbons (Fsp3) is 0.238. The van der Waals surface area contributed by atoms with Crippen LogP contribution < -0.4 is 10.9 Å². The number of benzene rings is 2. The van der Waals surface area contributed by atoms with E-state index in [-0.39, 0.29) is 17.3 Å². The number of rotatable bonds is 3. The molecular formula is C21H16F6N2O2. The van der Waals surface area contributed by atoms with Crippen LogP contribution in [0.3, 0.4) is 0 Å². The standard InChI is InChI=1S/C21H16F6N2O2/c1-3-15-10(2)16-5-4-14(9-17(16)29-19(15)31)28-18(30)11-6-12(20(22,23)24)8-13(7-11)21(25,26)27/h4-9H,3H2,1-2H3,(H,28,30)(H,29,31). The summed E-state index contributed by atoms with van der Waals surface area (Å²) in [6, 6.07) is 5.09. The van der Waals surface area contributed by atoms with Crippen molar-refractivity contribution >= 4 is 22.5 Å². The highest BCUT2D eigenvalue weighted by atomic mass is 19.4. The van der Waals surface area contributed by atoms with E-state index in [1.165, 1.54) is 12.1 Å². The molecule has 3 rings (SSSR count). The van der Waals surface area contributed by atoms with Crippen LogP contribution in [0.2, 0.25) is 0 Å². The number of carbonyl (C=O) groups excluding carboxylic acids is 1. The van der Waals surface area contributed by atoms with Gasteiger partial charge in [0, 0.05) is 22.2 Å². The predicted molar refractivity (Wildman–Crippen MR) is 103 cm³/mol. The molecule has 1 aromatic heterocycles. The molecule has 0 aliphatic heterocycles. The van der Waals surface area contributed by atoms with Crippen molar-refractivity contribution in [1.82, 2.24) is 4.98 Å². The van der Waals surface area contributed by atoms with Crippen molar-refractivity contribution in [3.63, 3.8) is 0 Å². The minimum atomic E-state index is -5.06. The lowest BCUT2D eigenvalue weighted by atomic mass is 10.0. The van der Waals surface area contributed by atoms with Gasteiger partial charge in [-0.3, -0.25) is 9.59 Å². The Hall–Kier alpha value is -3.30. The number of nitrogens with one attached hydrogen (secondary N) is 2. The third-order valence-electron chi connectivity index (χ3n) is 4.86. The van der Waals surface area contributed by atoms with Gasteiger partial charge in [0.1, 0.15) is 0 Å². The molecule has 10 heteroatoms. The molecule has 0 aliphatic rings. The summed E-state index contributed by atoms with van der Waals surface area (Å²) in [6.45, 7) is 3.58. The zero-order chi connectivity index (χ0) is 23.1. The minimum absolute atomic E-state index is 0.0500. The average Bonchev–Trinajstić information content (AvgIpc) is 2.66. The lowest BCUT2D eigenvalue weighted by molar-refractivity contribution is -0.143. The number of aryl methyl sites for hydroxylation is 1. The maximum absolute atomic E-state index is 13.0. The molecule has 4 nitrogen and oxygen atoms in total. The summed E-state index contributed by atoms with van der Waals surface area (Å²) >= 11 is 0. The number of fused-ring (bicyclic) bond motifs is 1. The SMILES string of the molecule is CCc1c(C)c2ccc(NC(=O)c3cc(C(F)(F)F)cc(C(F)(F)F)c3)cc2[nH]c1=O. The third-order valence-corrected chi connectivity index (χ3v) is 4.86. The van der Waals surface area contributed by atoms with Gasteiger partial charge in [0.05, 0.1) is 16.6 Å². The van der Waals surface area contributed by atoms with E-state index in [0.717, 1.165) is 5.56 Å². The van der Waals surface area contributed by atoms with Crippen molar-refractivity contribution in [2.45, 2.75) is 32.6 Å². The van der Waals surface area contributed by atoms with Crippen molar-refractivity contribution in [3.8, 4) is 0 Å². The van der Waals surface area contributed by atoms with Crippen molar-refractivity contribution in [3.05, 3.63) is 74.6 Å². The summed E-state index contributed by atoms with van der Waals surface area (Å²) in [5.41, 5.74) is -2.48. The van der Waals surface area contributed by atoms with Crippen LogP contribution in [0.4, 0.5) is 32.0 Å². The number of aromatic nitrogens is 1. The van der Waals surface area contributed by atoms with E-state index >= 15 is 0 Å². The first-order valence-electron chi connectivity index (χ1n) is 9.07. The smallest absolute Gasteiger partial charge is 0.322 e. The van der Waals surface area contributed by atoms with Crippen LogP contribution in [-0.4, -0.2) is 10.9 Å². The van der Waals surface area contributed by atoms with E-state index in [9.17, 15) is 35.9 Å². The number of hydrogen-bond donors (Lipinski definition) is 2. The lowest BCUT2D eigenvalue weighted by Crippen LogP contribution is -2.17. The Balaban J connectivity index is 2.01. The van der Waals surface area contributed by atoms with E-state index < -0.39 is 35.0 Å². The van der Waals surface area contributed by atoms with Crippen LogP contribution in [0.15, 0.2) is 41.2 Å². The molecule has 0 spiro atoms. The first-order chi connectivity index (χ1) is 14.3. The maximum Gasteiger partial charge on any atom is 0.416 e. The number of anilines is 1. The fourth-order valence-corrected chi connectivity index (χ4v) is 3.30. The van der Waals surface area contributed by atoms with Gasteiger partial charge in [-0.15, -0.1) is 0 Å². The summed E-state index contributed by atoms with van der Waals surface area (Å²) in [4.78, 5) is 27.2. The molecule has 0 aliphatic carbocycles. The van der Waals surface area contributed by atoms with Gasteiger partial charge in [-0.2, -0.15) is 26.3 Å². The molecule has 0 bridgehead atoms. The monoisotopic (exact) mass is 442 g/mol. The fourth-order valence-electron chi connectivity index (χ4n) is 3.30. The molecule has 0 saturated heterocycles. The summed E-state index contributed by atoms with van der Waals surface area (Å²) in [6.07, 6.45) is -9.62. The molecule has 1 heterocycles. The summed E-state index contributed by atoms with van der Waals surface area (Å²) in [5, 5.41) is 2.98. The molecule has 0 fully saturated rings. The highest BCUT2D eigenvalue weighted by Crippen LogP contribution is 2.36. The highest BCUT2D eigenvalue weighted by Gasteiger charge is 2.37. The number of carbonyl (C=O) groups is 1. The highest BCUT2D eigenvalue weighted by molar-refractivity contribution is 6.05. The van der Waals surface area contributed by atoms with Crippen LogP contribution in [0, 0.1) is 6.92 Å². The van der Waals surface area contributed by atoms with Gasteiger partial charge in [0.2, 0.25) is 0 Å². The first kappa shape index (κ1) is 22.4. The molecule has 2 aromatic carbocycles.